The van der Waals surface area contributed by atoms with E-state index in [2.05, 4.69) is 40.2 Å². The molecule has 1 aromatic heterocycles. The number of ether oxygens (including phenoxy) is 1. The lowest BCUT2D eigenvalue weighted by atomic mass is 9.76. The number of nitrogens with one attached hydrogen (secondary N) is 1. The van der Waals surface area contributed by atoms with Gasteiger partial charge in [-0.25, -0.2) is 4.98 Å². The van der Waals surface area contributed by atoms with Crippen LogP contribution in [0.2, 0.25) is 0 Å². The van der Waals surface area contributed by atoms with Gasteiger partial charge in [-0.05, 0) is 47.4 Å². The van der Waals surface area contributed by atoms with E-state index in [0.717, 1.165) is 53.7 Å². The molecule has 1 N–H and O–H groups in total. The van der Waals surface area contributed by atoms with Crippen LogP contribution < -0.4 is 0 Å². The largest absolute Gasteiger partial charge is 0.469 e. The smallest absolute Gasteiger partial charge is 0.311 e. The quantitative estimate of drug-likeness (QED) is 0.430. The van der Waals surface area contributed by atoms with Gasteiger partial charge >= 0.3 is 5.97 Å². The van der Waals surface area contributed by atoms with Crippen molar-refractivity contribution in [3.63, 3.8) is 0 Å². The number of hydrogen-bond donors (Lipinski definition) is 1. The molecule has 1 amide bonds. The number of nitrogens with zero attached hydrogens (tertiary/aromatic N) is 3. The van der Waals surface area contributed by atoms with Crippen LogP contribution in [-0.2, 0) is 27.4 Å². The van der Waals surface area contributed by atoms with Gasteiger partial charge in [0.05, 0.1) is 36.1 Å². The first kappa shape index (κ1) is 22.7. The van der Waals surface area contributed by atoms with E-state index in [-0.39, 0.29) is 18.3 Å². The molecule has 36 heavy (non-hydrogen) atoms. The standard InChI is InChI=1S/C29H30N4O3/c1-36-28(35)23-17-27(34)33(18-20-10-11-21-6-2-3-7-22(21)16-20)29(23)12-14-32(15-13-29)19-26-30-24-8-4-5-9-25(24)31-26/h2-11,16,23H,12-15,17-19H2,1H3,(H,30,31). The van der Waals surface area contributed by atoms with Crippen molar-refractivity contribution in [2.45, 2.75) is 37.9 Å². The third-order valence-electron chi connectivity index (χ3n) is 8.04. The van der Waals surface area contributed by atoms with E-state index in [4.69, 9.17) is 9.72 Å². The average Bonchev–Trinajstić information content (AvgIpc) is 3.43. The predicted molar refractivity (Wildman–Crippen MR) is 138 cm³/mol. The second-order valence-corrected chi connectivity index (χ2v) is 10.0. The molecule has 4 aromatic rings. The molecule has 7 nitrogen and oxygen atoms in total. The number of imidazole rings is 1. The summed E-state index contributed by atoms with van der Waals surface area (Å²) < 4.78 is 5.18. The van der Waals surface area contributed by atoms with Gasteiger partial charge in [-0.15, -0.1) is 0 Å². The molecule has 0 radical (unpaired) electrons. The number of aromatic amines is 1. The van der Waals surface area contributed by atoms with E-state index in [0.29, 0.717) is 13.1 Å². The molecule has 184 valence electrons. The van der Waals surface area contributed by atoms with E-state index in [1.165, 1.54) is 12.5 Å². The summed E-state index contributed by atoms with van der Waals surface area (Å²) in [5, 5.41) is 2.33. The van der Waals surface area contributed by atoms with E-state index in [1.807, 2.05) is 41.3 Å². The Labute approximate surface area is 210 Å². The van der Waals surface area contributed by atoms with Gasteiger partial charge in [0.15, 0.2) is 0 Å². The average molecular weight is 483 g/mol. The van der Waals surface area contributed by atoms with Gasteiger partial charge in [0.1, 0.15) is 5.82 Å². The van der Waals surface area contributed by atoms with Gasteiger partial charge in [0, 0.05) is 26.1 Å². The van der Waals surface area contributed by atoms with Crippen LogP contribution in [0, 0.1) is 5.92 Å². The molecular formula is C29H30N4O3. The number of para-hydroxylation sites is 2. The van der Waals surface area contributed by atoms with Crippen molar-refractivity contribution in [2.24, 2.45) is 5.92 Å². The Morgan fingerprint density at radius 2 is 1.78 bits per heavy atom. The van der Waals surface area contributed by atoms with Crippen molar-refractivity contribution in [3.8, 4) is 0 Å². The topological polar surface area (TPSA) is 78.5 Å². The molecule has 2 aliphatic heterocycles. The number of likely N-dealkylation sites (tertiary alicyclic amines) is 2. The Morgan fingerprint density at radius 3 is 2.56 bits per heavy atom. The summed E-state index contributed by atoms with van der Waals surface area (Å²) >= 11 is 0. The number of amides is 1. The number of methoxy groups -OCH3 is 1. The summed E-state index contributed by atoms with van der Waals surface area (Å²) in [6.45, 7) is 2.78. The highest BCUT2D eigenvalue weighted by Gasteiger charge is 2.56. The van der Waals surface area contributed by atoms with Crippen LogP contribution in [0.5, 0.6) is 0 Å². The molecule has 3 aromatic carbocycles. The van der Waals surface area contributed by atoms with Crippen molar-refractivity contribution in [2.75, 3.05) is 20.2 Å². The van der Waals surface area contributed by atoms with E-state index in [1.54, 1.807) is 0 Å². The van der Waals surface area contributed by atoms with Crippen LogP contribution in [0.4, 0.5) is 0 Å². The molecule has 1 spiro atoms. The van der Waals surface area contributed by atoms with Crippen LogP contribution >= 0.6 is 0 Å². The van der Waals surface area contributed by atoms with Gasteiger partial charge in [0.2, 0.25) is 5.91 Å². The number of carbonyl (C=O) groups is 2. The fraction of sp³-hybridized carbons (Fsp3) is 0.345. The maximum absolute atomic E-state index is 13.3. The Hall–Kier alpha value is -3.71. The van der Waals surface area contributed by atoms with Crippen molar-refractivity contribution in [1.82, 2.24) is 19.8 Å². The van der Waals surface area contributed by atoms with Gasteiger partial charge in [-0.2, -0.15) is 0 Å². The summed E-state index contributed by atoms with van der Waals surface area (Å²) in [7, 11) is 1.42. The van der Waals surface area contributed by atoms with Crippen molar-refractivity contribution in [1.29, 1.82) is 0 Å². The van der Waals surface area contributed by atoms with E-state index in [9.17, 15) is 9.59 Å². The maximum atomic E-state index is 13.3. The minimum absolute atomic E-state index is 0.0318. The highest BCUT2D eigenvalue weighted by molar-refractivity contribution is 5.89. The summed E-state index contributed by atoms with van der Waals surface area (Å²) in [4.78, 5) is 38.6. The SMILES string of the molecule is COC(=O)C1CC(=O)N(Cc2ccc3ccccc3c2)C12CCN(Cc1nc3ccccc3[nH]1)CC2. The number of rotatable bonds is 5. The highest BCUT2D eigenvalue weighted by Crippen LogP contribution is 2.45. The molecule has 6 rings (SSSR count). The Bertz CT molecular complexity index is 1400. The van der Waals surface area contributed by atoms with Crippen molar-refractivity contribution >= 4 is 33.7 Å². The van der Waals surface area contributed by atoms with E-state index >= 15 is 0 Å². The van der Waals surface area contributed by atoms with Gasteiger partial charge < -0.3 is 14.6 Å². The zero-order valence-electron chi connectivity index (χ0n) is 20.4. The minimum Gasteiger partial charge on any atom is -0.469 e. The number of H-pyrrole nitrogens is 1. The number of piperidine rings is 1. The van der Waals surface area contributed by atoms with Crippen LogP contribution in [0.15, 0.2) is 66.7 Å². The third-order valence-corrected chi connectivity index (χ3v) is 8.04. The number of fused-ring (bicyclic) bond motifs is 2. The van der Waals surface area contributed by atoms with Crippen LogP contribution in [-0.4, -0.2) is 57.4 Å². The molecule has 1 atom stereocenters. The number of esters is 1. The fourth-order valence-electron chi connectivity index (χ4n) is 6.13. The molecule has 0 aliphatic carbocycles. The molecule has 3 heterocycles. The number of benzene rings is 3. The van der Waals surface area contributed by atoms with Gasteiger partial charge in [0.25, 0.3) is 0 Å². The summed E-state index contributed by atoms with van der Waals surface area (Å²) in [6, 6.07) is 22.6. The monoisotopic (exact) mass is 482 g/mol. The first-order valence-electron chi connectivity index (χ1n) is 12.6. The van der Waals surface area contributed by atoms with E-state index < -0.39 is 11.5 Å². The van der Waals surface area contributed by atoms with Crippen LogP contribution in [0.3, 0.4) is 0 Å². The molecular weight excluding hydrogens is 452 g/mol. The van der Waals surface area contributed by atoms with Crippen LogP contribution in [0.25, 0.3) is 21.8 Å². The number of carbonyl (C=O) groups excluding carboxylic acids is 2. The van der Waals surface area contributed by atoms with Gasteiger partial charge in [-0.3, -0.25) is 14.5 Å². The predicted octanol–water partition coefficient (Wildman–Crippen LogP) is 4.27. The lowest BCUT2D eigenvalue weighted by molar-refractivity contribution is -0.150. The van der Waals surface area contributed by atoms with Crippen molar-refractivity contribution in [3.05, 3.63) is 78.1 Å². The zero-order valence-corrected chi connectivity index (χ0v) is 20.4. The summed E-state index contributed by atoms with van der Waals surface area (Å²) in [5.74, 6) is 0.246. The zero-order chi connectivity index (χ0) is 24.7. The molecule has 7 heteroatoms. The summed E-state index contributed by atoms with van der Waals surface area (Å²) in [6.07, 6.45) is 1.67. The number of aromatic nitrogens is 2. The minimum atomic E-state index is -0.528. The summed E-state index contributed by atoms with van der Waals surface area (Å²) in [5.41, 5.74) is 2.56. The molecule has 0 saturated carbocycles. The Kier molecular flexibility index (Phi) is 5.72. The third kappa shape index (κ3) is 3.93. The lowest BCUT2D eigenvalue weighted by Crippen LogP contribution is -2.57. The Morgan fingerprint density at radius 1 is 1.03 bits per heavy atom. The van der Waals surface area contributed by atoms with Crippen LogP contribution in [0.1, 0.15) is 30.7 Å². The van der Waals surface area contributed by atoms with Gasteiger partial charge in [-0.1, -0.05) is 48.5 Å². The fourth-order valence-corrected chi connectivity index (χ4v) is 6.13. The second-order valence-electron chi connectivity index (χ2n) is 10.0. The first-order chi connectivity index (χ1) is 17.6. The lowest BCUT2D eigenvalue weighted by Gasteiger charge is -2.47. The maximum Gasteiger partial charge on any atom is 0.311 e. The molecule has 2 fully saturated rings. The first-order valence-corrected chi connectivity index (χ1v) is 12.6. The molecule has 2 aliphatic rings. The Balaban J connectivity index is 1.24. The highest BCUT2D eigenvalue weighted by atomic mass is 16.5. The molecule has 0 bridgehead atoms. The second kappa shape index (κ2) is 9.06. The number of hydrogen-bond acceptors (Lipinski definition) is 5. The molecule has 2 saturated heterocycles. The normalized spacial score (nSPS) is 20.0. The molecule has 1 unspecified atom stereocenters. The van der Waals surface area contributed by atoms with Crippen molar-refractivity contribution < 1.29 is 14.3 Å².